The molecule has 1 aromatic carbocycles. The van der Waals surface area contributed by atoms with Gasteiger partial charge >= 0.3 is 5.69 Å². The SMILES string of the molecule is Cc1cc(CNC(=O)c2sc(-n3ccn(C(C)c4ccc(F)cc4)c3=O)nc2C)no1. The summed E-state index contributed by atoms with van der Waals surface area (Å²) >= 11 is 1.13. The number of halogens is 1. The monoisotopic (exact) mass is 441 g/mol. The van der Waals surface area contributed by atoms with Crippen molar-refractivity contribution in [2.45, 2.75) is 33.4 Å². The summed E-state index contributed by atoms with van der Waals surface area (Å²) in [5.41, 5.74) is 1.66. The van der Waals surface area contributed by atoms with Crippen molar-refractivity contribution in [3.8, 4) is 5.13 Å². The van der Waals surface area contributed by atoms with E-state index < -0.39 is 0 Å². The van der Waals surface area contributed by atoms with Crippen LogP contribution < -0.4 is 11.0 Å². The molecule has 10 heteroatoms. The van der Waals surface area contributed by atoms with Crippen LogP contribution in [-0.4, -0.2) is 25.2 Å². The van der Waals surface area contributed by atoms with Gasteiger partial charge in [-0.05, 0) is 38.5 Å². The van der Waals surface area contributed by atoms with Gasteiger partial charge in [-0.3, -0.25) is 9.36 Å². The average Bonchev–Trinajstić information content (AvgIpc) is 3.44. The number of nitrogens with one attached hydrogen (secondary N) is 1. The number of hydrogen-bond donors (Lipinski definition) is 1. The van der Waals surface area contributed by atoms with Crippen LogP contribution in [0.4, 0.5) is 4.39 Å². The normalized spacial score (nSPS) is 12.1. The van der Waals surface area contributed by atoms with Crippen molar-refractivity contribution < 1.29 is 13.7 Å². The second kappa shape index (κ2) is 8.31. The molecule has 31 heavy (non-hydrogen) atoms. The third-order valence-electron chi connectivity index (χ3n) is 4.88. The summed E-state index contributed by atoms with van der Waals surface area (Å²) in [6.07, 6.45) is 3.26. The first kappa shape index (κ1) is 20.7. The summed E-state index contributed by atoms with van der Waals surface area (Å²) < 4.78 is 21.1. The highest BCUT2D eigenvalue weighted by Gasteiger charge is 2.19. The van der Waals surface area contributed by atoms with E-state index in [9.17, 15) is 14.0 Å². The first-order chi connectivity index (χ1) is 14.8. The van der Waals surface area contributed by atoms with Crippen LogP contribution in [0.2, 0.25) is 0 Å². The molecule has 0 saturated carbocycles. The zero-order valence-electron chi connectivity index (χ0n) is 17.1. The van der Waals surface area contributed by atoms with E-state index in [2.05, 4.69) is 15.5 Å². The van der Waals surface area contributed by atoms with Crippen LogP contribution in [0.15, 0.2) is 52.0 Å². The predicted molar refractivity (Wildman–Crippen MR) is 113 cm³/mol. The molecule has 3 aromatic heterocycles. The number of aryl methyl sites for hydroxylation is 2. The first-order valence-corrected chi connectivity index (χ1v) is 10.4. The van der Waals surface area contributed by atoms with Crippen molar-refractivity contribution in [1.82, 2.24) is 24.6 Å². The largest absolute Gasteiger partial charge is 0.361 e. The number of imidazole rings is 1. The maximum atomic E-state index is 13.2. The van der Waals surface area contributed by atoms with Crippen LogP contribution in [-0.2, 0) is 6.54 Å². The van der Waals surface area contributed by atoms with Crippen LogP contribution in [0.3, 0.4) is 0 Å². The lowest BCUT2D eigenvalue weighted by Gasteiger charge is -2.12. The molecule has 1 amide bonds. The lowest BCUT2D eigenvalue weighted by atomic mass is 10.1. The lowest BCUT2D eigenvalue weighted by Crippen LogP contribution is -2.25. The molecule has 160 valence electrons. The number of amides is 1. The van der Waals surface area contributed by atoms with E-state index >= 15 is 0 Å². The molecule has 8 nitrogen and oxygen atoms in total. The number of hydrogen-bond acceptors (Lipinski definition) is 6. The van der Waals surface area contributed by atoms with Gasteiger partial charge in [-0.2, -0.15) is 0 Å². The van der Waals surface area contributed by atoms with E-state index in [0.717, 1.165) is 16.9 Å². The van der Waals surface area contributed by atoms with Gasteiger partial charge in [0.05, 0.1) is 18.3 Å². The predicted octanol–water partition coefficient (Wildman–Crippen LogP) is 3.38. The zero-order valence-corrected chi connectivity index (χ0v) is 17.9. The van der Waals surface area contributed by atoms with Crippen molar-refractivity contribution in [3.63, 3.8) is 0 Å². The Hall–Kier alpha value is -3.53. The molecule has 3 heterocycles. The van der Waals surface area contributed by atoms with Crippen LogP contribution in [0.5, 0.6) is 0 Å². The van der Waals surface area contributed by atoms with Gasteiger partial charge in [-0.1, -0.05) is 28.6 Å². The number of rotatable bonds is 6. The molecular formula is C21H20FN5O3S. The van der Waals surface area contributed by atoms with Gasteiger partial charge in [0.15, 0.2) is 5.13 Å². The zero-order chi connectivity index (χ0) is 22.1. The maximum absolute atomic E-state index is 13.2. The molecule has 0 aliphatic carbocycles. The van der Waals surface area contributed by atoms with E-state index in [1.807, 2.05) is 6.92 Å². The Kier molecular flexibility index (Phi) is 5.55. The fraction of sp³-hybridized carbons (Fsp3) is 0.238. The smallest absolute Gasteiger partial charge is 0.335 e. The van der Waals surface area contributed by atoms with Crippen molar-refractivity contribution in [2.75, 3.05) is 0 Å². The fourth-order valence-electron chi connectivity index (χ4n) is 3.18. The summed E-state index contributed by atoms with van der Waals surface area (Å²) in [4.78, 5) is 30.4. The Morgan fingerprint density at radius 1 is 1.26 bits per heavy atom. The van der Waals surface area contributed by atoms with E-state index in [1.54, 1.807) is 44.4 Å². The molecule has 0 fully saturated rings. The Balaban J connectivity index is 1.55. The number of thiazole rings is 1. The fourth-order valence-corrected chi connectivity index (χ4v) is 4.14. The highest BCUT2D eigenvalue weighted by molar-refractivity contribution is 7.16. The highest BCUT2D eigenvalue weighted by atomic mass is 32.1. The molecule has 0 saturated heterocycles. The van der Waals surface area contributed by atoms with Crippen LogP contribution in [0.1, 0.15) is 45.3 Å². The summed E-state index contributed by atoms with van der Waals surface area (Å²) in [5.74, 6) is 0.0388. The third kappa shape index (κ3) is 4.19. The van der Waals surface area contributed by atoms with Gasteiger partial charge in [-0.15, -0.1) is 0 Å². The summed E-state index contributed by atoms with van der Waals surface area (Å²) in [5, 5.41) is 7.03. The molecule has 1 atom stereocenters. The van der Waals surface area contributed by atoms with E-state index in [-0.39, 0.29) is 30.0 Å². The standard InChI is InChI=1S/C21H20FN5O3S/c1-12-10-17(25-30-12)11-23-19(28)18-13(2)24-20(31-18)27-9-8-26(21(27)29)14(3)15-4-6-16(22)7-5-15/h4-10,14H,11H2,1-3H3,(H,23,28). The average molecular weight is 441 g/mol. The van der Waals surface area contributed by atoms with Crippen molar-refractivity contribution in [2.24, 2.45) is 0 Å². The Morgan fingerprint density at radius 2 is 2.00 bits per heavy atom. The molecule has 0 spiro atoms. The summed E-state index contributed by atoms with van der Waals surface area (Å²) in [6.45, 7) is 5.59. The Morgan fingerprint density at radius 3 is 2.68 bits per heavy atom. The summed E-state index contributed by atoms with van der Waals surface area (Å²) in [7, 11) is 0. The summed E-state index contributed by atoms with van der Waals surface area (Å²) in [6, 6.07) is 7.48. The molecule has 4 aromatic rings. The number of carbonyl (C=O) groups is 1. The van der Waals surface area contributed by atoms with E-state index in [4.69, 9.17) is 4.52 Å². The number of aromatic nitrogens is 4. The molecule has 4 rings (SSSR count). The van der Waals surface area contributed by atoms with Gasteiger partial charge in [0.2, 0.25) is 0 Å². The number of carbonyl (C=O) groups excluding carboxylic acids is 1. The minimum Gasteiger partial charge on any atom is -0.361 e. The van der Waals surface area contributed by atoms with Crippen LogP contribution >= 0.6 is 11.3 Å². The molecule has 0 aliphatic rings. The maximum Gasteiger partial charge on any atom is 0.335 e. The van der Waals surface area contributed by atoms with Gasteiger partial charge in [0.25, 0.3) is 5.91 Å². The quantitative estimate of drug-likeness (QED) is 0.495. The number of nitrogens with zero attached hydrogens (tertiary/aromatic N) is 4. The molecule has 0 bridgehead atoms. The van der Waals surface area contributed by atoms with Gasteiger partial charge in [-0.25, -0.2) is 18.7 Å². The molecule has 1 N–H and O–H groups in total. The van der Waals surface area contributed by atoms with Crippen molar-refractivity contribution >= 4 is 17.2 Å². The van der Waals surface area contributed by atoms with E-state index in [1.165, 1.54) is 21.3 Å². The van der Waals surface area contributed by atoms with Gasteiger partial charge in [0, 0.05) is 18.5 Å². The van der Waals surface area contributed by atoms with Crippen LogP contribution in [0, 0.1) is 19.7 Å². The minimum atomic E-state index is -0.330. The second-order valence-electron chi connectivity index (χ2n) is 7.11. The highest BCUT2D eigenvalue weighted by Crippen LogP contribution is 2.22. The second-order valence-corrected chi connectivity index (χ2v) is 8.09. The molecule has 0 radical (unpaired) electrons. The lowest BCUT2D eigenvalue weighted by molar-refractivity contribution is 0.0953. The Labute approximate surface area is 181 Å². The van der Waals surface area contributed by atoms with Crippen LogP contribution in [0.25, 0.3) is 5.13 Å². The van der Waals surface area contributed by atoms with Gasteiger partial charge < -0.3 is 9.84 Å². The van der Waals surface area contributed by atoms with Crippen molar-refractivity contribution in [1.29, 1.82) is 0 Å². The number of benzene rings is 1. The topological polar surface area (TPSA) is 95.0 Å². The molecule has 0 aliphatic heterocycles. The molecule has 1 unspecified atom stereocenters. The third-order valence-corrected chi connectivity index (χ3v) is 6.03. The minimum absolute atomic E-state index is 0.231. The first-order valence-electron chi connectivity index (χ1n) is 9.56. The van der Waals surface area contributed by atoms with E-state index in [0.29, 0.717) is 27.2 Å². The molecular weight excluding hydrogens is 421 g/mol. The van der Waals surface area contributed by atoms with Gasteiger partial charge in [0.1, 0.15) is 22.1 Å². The Bertz CT molecular complexity index is 1290. The van der Waals surface area contributed by atoms with Crippen molar-refractivity contribution in [3.05, 3.63) is 86.6 Å².